The van der Waals surface area contributed by atoms with Crippen LogP contribution in [0, 0.1) is 0 Å². The van der Waals surface area contributed by atoms with Crippen LogP contribution in [0.25, 0.3) is 0 Å². The number of aromatic nitrogens is 3. The predicted octanol–water partition coefficient (Wildman–Crippen LogP) is 3.01. The van der Waals surface area contributed by atoms with E-state index in [9.17, 15) is 4.79 Å². The van der Waals surface area contributed by atoms with Gasteiger partial charge in [-0.3, -0.25) is 4.79 Å². The second-order valence-corrected chi connectivity index (χ2v) is 5.16. The maximum absolute atomic E-state index is 10.8. The van der Waals surface area contributed by atoms with Crippen molar-refractivity contribution in [2.24, 2.45) is 0 Å². The number of halogens is 1. The van der Waals surface area contributed by atoms with Crippen molar-refractivity contribution in [3.8, 4) is 5.75 Å². The molecule has 19 heavy (non-hydrogen) atoms. The molecule has 2 aromatic rings. The fourth-order valence-electron chi connectivity index (χ4n) is 1.66. The average molecular weight is 324 g/mol. The van der Waals surface area contributed by atoms with E-state index in [2.05, 4.69) is 26.0 Å². The maximum atomic E-state index is 10.8. The number of hydrogen-bond acceptors (Lipinski definition) is 4. The number of carbonyl (C=O) groups excluding carboxylic acids is 1. The van der Waals surface area contributed by atoms with Gasteiger partial charge >= 0.3 is 0 Å². The first kappa shape index (κ1) is 13.7. The molecule has 0 radical (unpaired) electrons. The summed E-state index contributed by atoms with van der Waals surface area (Å²) in [5.74, 6) is 1.38. The minimum Gasteiger partial charge on any atom is -0.486 e. The normalized spacial score (nSPS) is 10.7. The molecule has 0 atom stereocenters. The van der Waals surface area contributed by atoms with E-state index < -0.39 is 0 Å². The third-order valence-corrected chi connectivity index (χ3v) is 3.32. The van der Waals surface area contributed by atoms with Gasteiger partial charge < -0.3 is 4.74 Å². The van der Waals surface area contributed by atoms with Crippen LogP contribution in [0.2, 0.25) is 0 Å². The van der Waals surface area contributed by atoms with E-state index in [0.717, 1.165) is 16.6 Å². The molecular weight excluding hydrogens is 310 g/mol. The number of nitrogens with zero attached hydrogens (tertiary/aromatic N) is 3. The summed E-state index contributed by atoms with van der Waals surface area (Å²) in [5.41, 5.74) is 0.558. The van der Waals surface area contributed by atoms with Crippen LogP contribution < -0.4 is 4.74 Å². The number of aldehydes is 1. The van der Waals surface area contributed by atoms with Crippen molar-refractivity contribution in [2.75, 3.05) is 0 Å². The van der Waals surface area contributed by atoms with Crippen molar-refractivity contribution < 1.29 is 9.53 Å². The molecule has 100 valence electrons. The molecule has 1 aromatic heterocycles. The summed E-state index contributed by atoms with van der Waals surface area (Å²) < 4.78 is 8.19. The molecule has 0 N–H and O–H groups in total. The Labute approximate surface area is 119 Å². The van der Waals surface area contributed by atoms with Crippen molar-refractivity contribution in [3.63, 3.8) is 0 Å². The van der Waals surface area contributed by atoms with Gasteiger partial charge in [-0.05, 0) is 32.0 Å². The lowest BCUT2D eigenvalue weighted by atomic mass is 10.2. The van der Waals surface area contributed by atoms with Crippen LogP contribution in [0.4, 0.5) is 0 Å². The lowest BCUT2D eigenvalue weighted by Crippen LogP contribution is -2.10. The first-order valence-electron chi connectivity index (χ1n) is 5.87. The highest BCUT2D eigenvalue weighted by atomic mass is 79.9. The highest BCUT2D eigenvalue weighted by Crippen LogP contribution is 2.21. The number of hydrogen-bond donors (Lipinski definition) is 0. The van der Waals surface area contributed by atoms with Gasteiger partial charge in [-0.15, -0.1) is 0 Å². The molecule has 0 aliphatic heterocycles. The summed E-state index contributed by atoms with van der Waals surface area (Å²) in [6, 6.07) is 5.50. The molecule has 0 bridgehead atoms. The van der Waals surface area contributed by atoms with Gasteiger partial charge in [0, 0.05) is 16.1 Å². The van der Waals surface area contributed by atoms with Crippen LogP contribution in [0.1, 0.15) is 36.1 Å². The molecule has 1 heterocycles. The third kappa shape index (κ3) is 3.20. The summed E-state index contributed by atoms with van der Waals surface area (Å²) in [7, 11) is 0. The van der Waals surface area contributed by atoms with Crippen LogP contribution in [0.3, 0.4) is 0 Å². The maximum Gasteiger partial charge on any atom is 0.165 e. The summed E-state index contributed by atoms with van der Waals surface area (Å²) in [4.78, 5) is 15.0. The minimum atomic E-state index is 0.233. The molecule has 0 spiro atoms. The van der Waals surface area contributed by atoms with Crippen molar-refractivity contribution in [3.05, 3.63) is 40.4 Å². The van der Waals surface area contributed by atoms with E-state index in [1.54, 1.807) is 22.9 Å². The van der Waals surface area contributed by atoms with Gasteiger partial charge in [0.1, 0.15) is 18.7 Å². The highest BCUT2D eigenvalue weighted by Gasteiger charge is 2.08. The zero-order chi connectivity index (χ0) is 13.8. The molecule has 0 fully saturated rings. The topological polar surface area (TPSA) is 57.0 Å². The average Bonchev–Trinajstić information content (AvgIpc) is 2.86. The molecule has 0 saturated carbocycles. The monoisotopic (exact) mass is 323 g/mol. The second-order valence-electron chi connectivity index (χ2n) is 4.30. The van der Waals surface area contributed by atoms with Crippen LogP contribution in [-0.2, 0) is 6.61 Å². The summed E-state index contributed by atoms with van der Waals surface area (Å²) in [5, 5.41) is 4.14. The van der Waals surface area contributed by atoms with E-state index in [1.807, 2.05) is 13.8 Å². The zero-order valence-electron chi connectivity index (χ0n) is 10.7. The number of carbonyl (C=O) groups is 1. The van der Waals surface area contributed by atoms with Gasteiger partial charge in [0.15, 0.2) is 12.1 Å². The number of benzene rings is 1. The predicted molar refractivity (Wildman–Crippen MR) is 74.3 cm³/mol. The molecule has 5 nitrogen and oxygen atoms in total. The van der Waals surface area contributed by atoms with Gasteiger partial charge in [0.2, 0.25) is 0 Å². The fraction of sp³-hybridized carbons (Fsp3) is 0.308. The van der Waals surface area contributed by atoms with Crippen molar-refractivity contribution >= 4 is 22.2 Å². The van der Waals surface area contributed by atoms with E-state index >= 15 is 0 Å². The van der Waals surface area contributed by atoms with Crippen molar-refractivity contribution in [1.29, 1.82) is 0 Å². The molecule has 0 unspecified atom stereocenters. The zero-order valence-corrected chi connectivity index (χ0v) is 12.3. The van der Waals surface area contributed by atoms with Crippen LogP contribution in [0.5, 0.6) is 5.75 Å². The fourth-order valence-corrected chi connectivity index (χ4v) is 2.00. The minimum absolute atomic E-state index is 0.233. The number of rotatable bonds is 5. The van der Waals surface area contributed by atoms with Crippen molar-refractivity contribution in [2.45, 2.75) is 26.5 Å². The van der Waals surface area contributed by atoms with Gasteiger partial charge in [-0.2, -0.15) is 5.10 Å². The Hall–Kier alpha value is -1.69. The Morgan fingerprint density at radius 1 is 1.47 bits per heavy atom. The standard InChI is InChI=1S/C13H14BrN3O2/c1-9(2)17-13(15-8-16-17)7-19-11-3-4-12(14)10(5-11)6-18/h3-6,8-9H,7H2,1-2H3. The van der Waals surface area contributed by atoms with E-state index in [-0.39, 0.29) is 6.04 Å². The Morgan fingerprint density at radius 2 is 2.26 bits per heavy atom. The van der Waals surface area contributed by atoms with Gasteiger partial charge in [-0.25, -0.2) is 9.67 Å². The smallest absolute Gasteiger partial charge is 0.165 e. The van der Waals surface area contributed by atoms with E-state index in [4.69, 9.17) is 4.74 Å². The summed E-state index contributed by atoms with van der Waals surface area (Å²) in [6.07, 6.45) is 2.30. The summed E-state index contributed by atoms with van der Waals surface area (Å²) >= 11 is 3.30. The molecule has 1 aromatic carbocycles. The lowest BCUT2D eigenvalue weighted by molar-refractivity contribution is 0.112. The molecular formula is C13H14BrN3O2. The molecule has 2 rings (SSSR count). The Kier molecular flexibility index (Phi) is 4.31. The second kappa shape index (κ2) is 5.97. The van der Waals surface area contributed by atoms with Crippen molar-refractivity contribution in [1.82, 2.24) is 14.8 Å². The quantitative estimate of drug-likeness (QED) is 0.794. The first-order valence-corrected chi connectivity index (χ1v) is 6.67. The Balaban J connectivity index is 2.10. The molecule has 0 saturated heterocycles. The molecule has 6 heteroatoms. The summed E-state index contributed by atoms with van der Waals surface area (Å²) in [6.45, 7) is 4.38. The van der Waals surface area contributed by atoms with Gasteiger partial charge in [-0.1, -0.05) is 15.9 Å². The number of ether oxygens (including phenoxy) is 1. The molecule has 0 aliphatic rings. The van der Waals surface area contributed by atoms with E-state index in [1.165, 1.54) is 6.33 Å². The van der Waals surface area contributed by atoms with Crippen LogP contribution in [0.15, 0.2) is 29.0 Å². The van der Waals surface area contributed by atoms with Crippen LogP contribution in [-0.4, -0.2) is 21.1 Å². The van der Waals surface area contributed by atoms with Crippen LogP contribution >= 0.6 is 15.9 Å². The Morgan fingerprint density at radius 3 is 2.95 bits per heavy atom. The first-order chi connectivity index (χ1) is 9.11. The highest BCUT2D eigenvalue weighted by molar-refractivity contribution is 9.10. The van der Waals surface area contributed by atoms with Gasteiger partial charge in [0.05, 0.1) is 0 Å². The molecule has 0 amide bonds. The SMILES string of the molecule is CC(C)n1ncnc1COc1ccc(Br)c(C=O)c1. The molecule has 0 aliphatic carbocycles. The Bertz CT molecular complexity index is 581. The largest absolute Gasteiger partial charge is 0.486 e. The van der Waals surface area contributed by atoms with E-state index in [0.29, 0.717) is 17.9 Å². The van der Waals surface area contributed by atoms with Gasteiger partial charge in [0.25, 0.3) is 0 Å². The lowest BCUT2D eigenvalue weighted by Gasteiger charge is -2.11. The third-order valence-electron chi connectivity index (χ3n) is 2.60.